The molecule has 0 unspecified atom stereocenters. The molecular formula is C11H14Cl3NO2S2. The Kier molecular flexibility index (Phi) is 5.42. The van der Waals surface area contributed by atoms with Crippen molar-refractivity contribution >= 4 is 56.2 Å². The van der Waals surface area contributed by atoms with Crippen LogP contribution >= 0.6 is 46.1 Å². The summed E-state index contributed by atoms with van der Waals surface area (Å²) in [5, 5.41) is 0. The Morgan fingerprint density at radius 3 is 2.47 bits per heavy atom. The van der Waals surface area contributed by atoms with Gasteiger partial charge >= 0.3 is 0 Å². The lowest BCUT2D eigenvalue weighted by Crippen LogP contribution is -2.44. The van der Waals surface area contributed by atoms with Crippen LogP contribution in [0.1, 0.15) is 25.7 Å². The molecule has 1 fully saturated rings. The van der Waals surface area contributed by atoms with E-state index < -0.39 is 10.0 Å². The van der Waals surface area contributed by atoms with E-state index in [1.54, 1.807) is 0 Å². The fraction of sp³-hybridized carbons (Fsp3) is 0.636. The zero-order valence-electron chi connectivity index (χ0n) is 10.1. The summed E-state index contributed by atoms with van der Waals surface area (Å²) in [5.74, 6) is 0.441. The molecule has 1 aromatic rings. The fourth-order valence-electron chi connectivity index (χ4n) is 2.02. The lowest BCUT2D eigenvalue weighted by atomic mass is 9.93. The van der Waals surface area contributed by atoms with Gasteiger partial charge in [-0.05, 0) is 25.3 Å². The molecule has 1 aromatic heterocycles. The molecule has 8 heteroatoms. The van der Waals surface area contributed by atoms with E-state index in [0.717, 1.165) is 30.6 Å². The zero-order valence-corrected chi connectivity index (χ0v) is 14.0. The minimum absolute atomic E-state index is 0.0722. The molecule has 2 rings (SSSR count). The van der Waals surface area contributed by atoms with Crippen molar-refractivity contribution in [3.8, 4) is 0 Å². The fourth-order valence-corrected chi connectivity index (χ4v) is 5.97. The third-order valence-corrected chi connectivity index (χ3v) is 7.18. The Labute approximate surface area is 132 Å². The predicted octanol–water partition coefficient (Wildman–Crippen LogP) is 4.23. The van der Waals surface area contributed by atoms with Crippen molar-refractivity contribution in [1.29, 1.82) is 0 Å². The molecule has 1 saturated carbocycles. The largest absolute Gasteiger partial charge is 0.245 e. The summed E-state index contributed by atoms with van der Waals surface area (Å²) < 4.78 is 27.4. The van der Waals surface area contributed by atoms with E-state index in [4.69, 9.17) is 34.8 Å². The van der Waals surface area contributed by atoms with Crippen LogP contribution in [0, 0.1) is 0 Å². The maximum atomic E-state index is 12.7. The number of sulfonamides is 1. The maximum absolute atomic E-state index is 12.7. The molecule has 0 saturated heterocycles. The Morgan fingerprint density at radius 2 is 2.05 bits per heavy atom. The van der Waals surface area contributed by atoms with Gasteiger partial charge in [-0.2, -0.15) is 4.31 Å². The van der Waals surface area contributed by atoms with Gasteiger partial charge in [0.2, 0.25) is 10.0 Å². The number of hydrogen-bond donors (Lipinski definition) is 0. The van der Waals surface area contributed by atoms with Crippen LogP contribution in [-0.4, -0.2) is 31.2 Å². The highest BCUT2D eigenvalue weighted by atomic mass is 35.5. The van der Waals surface area contributed by atoms with Crippen LogP contribution in [0.5, 0.6) is 0 Å². The van der Waals surface area contributed by atoms with Gasteiger partial charge in [0.25, 0.3) is 0 Å². The lowest BCUT2D eigenvalue weighted by Gasteiger charge is -2.36. The van der Waals surface area contributed by atoms with Crippen LogP contribution in [-0.2, 0) is 10.0 Å². The third-order valence-electron chi connectivity index (χ3n) is 3.21. The van der Waals surface area contributed by atoms with Crippen molar-refractivity contribution in [2.75, 3.05) is 12.4 Å². The molecule has 0 bridgehead atoms. The summed E-state index contributed by atoms with van der Waals surface area (Å²) in [7, 11) is -3.57. The number of rotatable bonds is 6. The normalized spacial score (nSPS) is 16.8. The van der Waals surface area contributed by atoms with E-state index >= 15 is 0 Å². The minimum Gasteiger partial charge on any atom is -0.207 e. The van der Waals surface area contributed by atoms with Crippen molar-refractivity contribution in [1.82, 2.24) is 4.31 Å². The second-order valence-corrected chi connectivity index (χ2v) is 8.95. The molecule has 1 aliphatic carbocycles. The van der Waals surface area contributed by atoms with Crippen LogP contribution in [0.3, 0.4) is 0 Å². The summed E-state index contributed by atoms with van der Waals surface area (Å²) in [5.41, 5.74) is 0. The monoisotopic (exact) mass is 361 g/mol. The quantitative estimate of drug-likeness (QED) is 0.710. The lowest BCUT2D eigenvalue weighted by molar-refractivity contribution is 0.220. The van der Waals surface area contributed by atoms with Crippen LogP contribution in [0.2, 0.25) is 8.67 Å². The van der Waals surface area contributed by atoms with Crippen molar-refractivity contribution in [2.45, 2.75) is 36.6 Å². The number of halogens is 3. The van der Waals surface area contributed by atoms with E-state index in [-0.39, 0.29) is 15.3 Å². The molecule has 0 amide bonds. The molecule has 0 aromatic carbocycles. The first-order chi connectivity index (χ1) is 8.96. The summed E-state index contributed by atoms with van der Waals surface area (Å²) in [4.78, 5) is 0.116. The number of nitrogens with zero attached hydrogens (tertiary/aromatic N) is 1. The molecule has 108 valence electrons. The van der Waals surface area contributed by atoms with Gasteiger partial charge in [-0.1, -0.05) is 29.6 Å². The van der Waals surface area contributed by atoms with Gasteiger partial charge in [0.1, 0.15) is 9.23 Å². The first-order valence-electron chi connectivity index (χ1n) is 5.99. The second kappa shape index (κ2) is 6.50. The molecule has 0 radical (unpaired) electrons. The van der Waals surface area contributed by atoms with E-state index in [0.29, 0.717) is 23.2 Å². The van der Waals surface area contributed by atoms with Crippen molar-refractivity contribution in [3.63, 3.8) is 0 Å². The van der Waals surface area contributed by atoms with Gasteiger partial charge in [-0.15, -0.1) is 22.9 Å². The SMILES string of the molecule is O=S(=O)(c1cc(Cl)sc1Cl)N(CCCCl)C1CCC1. The van der Waals surface area contributed by atoms with E-state index in [9.17, 15) is 8.42 Å². The van der Waals surface area contributed by atoms with Crippen LogP contribution in [0.15, 0.2) is 11.0 Å². The molecule has 19 heavy (non-hydrogen) atoms. The first-order valence-corrected chi connectivity index (χ1v) is 9.54. The van der Waals surface area contributed by atoms with Crippen LogP contribution in [0.4, 0.5) is 0 Å². The number of alkyl halides is 1. The highest BCUT2D eigenvalue weighted by Crippen LogP contribution is 2.38. The first kappa shape index (κ1) is 15.9. The van der Waals surface area contributed by atoms with Crippen LogP contribution in [0.25, 0.3) is 0 Å². The van der Waals surface area contributed by atoms with E-state index in [2.05, 4.69) is 0 Å². The Bertz CT molecular complexity index is 540. The van der Waals surface area contributed by atoms with Crippen molar-refractivity contribution in [3.05, 3.63) is 14.7 Å². The Balaban J connectivity index is 2.30. The molecule has 0 spiro atoms. The van der Waals surface area contributed by atoms with Crippen molar-refractivity contribution in [2.24, 2.45) is 0 Å². The molecule has 1 heterocycles. The van der Waals surface area contributed by atoms with Gasteiger partial charge in [0, 0.05) is 18.5 Å². The van der Waals surface area contributed by atoms with Gasteiger partial charge in [-0.25, -0.2) is 8.42 Å². The van der Waals surface area contributed by atoms with E-state index in [1.807, 2.05) is 0 Å². The number of hydrogen-bond acceptors (Lipinski definition) is 3. The zero-order chi connectivity index (χ0) is 14.0. The molecular weight excluding hydrogens is 349 g/mol. The predicted molar refractivity (Wildman–Crippen MR) is 81.2 cm³/mol. The molecule has 0 N–H and O–H groups in total. The molecule has 1 aliphatic rings. The highest BCUT2D eigenvalue weighted by Gasteiger charge is 2.36. The topological polar surface area (TPSA) is 37.4 Å². The van der Waals surface area contributed by atoms with Crippen molar-refractivity contribution < 1.29 is 8.42 Å². The Hall–Kier alpha value is 0.480. The standard InChI is InChI=1S/C11H14Cl3NO2S2/c12-5-2-6-15(8-3-1-4-8)19(16,17)9-7-10(13)18-11(9)14/h7-8H,1-6H2. The van der Waals surface area contributed by atoms with Crippen LogP contribution < -0.4 is 0 Å². The van der Waals surface area contributed by atoms with Gasteiger partial charge in [0.15, 0.2) is 0 Å². The Morgan fingerprint density at radius 1 is 1.37 bits per heavy atom. The highest BCUT2D eigenvalue weighted by molar-refractivity contribution is 7.89. The van der Waals surface area contributed by atoms with E-state index in [1.165, 1.54) is 10.4 Å². The van der Waals surface area contributed by atoms with Gasteiger partial charge in [0.05, 0.1) is 4.34 Å². The summed E-state index contributed by atoms with van der Waals surface area (Å²) in [6, 6.07) is 1.50. The molecule has 0 aliphatic heterocycles. The second-order valence-electron chi connectivity index (χ2n) is 4.43. The summed E-state index contributed by atoms with van der Waals surface area (Å²) in [6.45, 7) is 0.431. The maximum Gasteiger partial charge on any atom is 0.245 e. The summed E-state index contributed by atoms with van der Waals surface area (Å²) in [6.07, 6.45) is 3.50. The van der Waals surface area contributed by atoms with Gasteiger partial charge < -0.3 is 0 Å². The molecule has 3 nitrogen and oxygen atoms in total. The third kappa shape index (κ3) is 3.39. The average molecular weight is 363 g/mol. The molecule has 0 atom stereocenters. The van der Waals surface area contributed by atoms with Gasteiger partial charge in [-0.3, -0.25) is 0 Å². The summed E-state index contributed by atoms with van der Waals surface area (Å²) >= 11 is 18.6. The minimum atomic E-state index is -3.57. The average Bonchev–Trinajstić information content (AvgIpc) is 2.61. The smallest absolute Gasteiger partial charge is 0.207 e. The number of thiophene rings is 1.